The summed E-state index contributed by atoms with van der Waals surface area (Å²) in [6, 6.07) is 7.77. The highest BCUT2D eigenvalue weighted by Gasteiger charge is 2.13. The number of anilines is 1. The van der Waals surface area contributed by atoms with E-state index in [2.05, 4.69) is 17.6 Å². The lowest BCUT2D eigenvalue weighted by Crippen LogP contribution is -2.41. The molecule has 21 heavy (non-hydrogen) atoms. The van der Waals surface area contributed by atoms with Crippen molar-refractivity contribution >= 4 is 17.5 Å². The van der Waals surface area contributed by atoms with Crippen LogP contribution in [0.5, 0.6) is 0 Å². The predicted molar refractivity (Wildman–Crippen MR) is 85.2 cm³/mol. The van der Waals surface area contributed by atoms with Gasteiger partial charge in [0.15, 0.2) is 0 Å². The molecule has 1 aromatic rings. The molecular weight excluding hydrogens is 266 g/mol. The lowest BCUT2D eigenvalue weighted by atomic mass is 10.1. The third kappa shape index (κ3) is 5.95. The Kier molecular flexibility index (Phi) is 7.46. The van der Waals surface area contributed by atoms with Crippen molar-refractivity contribution in [3.63, 3.8) is 0 Å². The van der Waals surface area contributed by atoms with Crippen LogP contribution < -0.4 is 10.6 Å². The number of hydrogen-bond donors (Lipinski definition) is 2. The van der Waals surface area contributed by atoms with Crippen molar-refractivity contribution in [3.05, 3.63) is 29.8 Å². The monoisotopic (exact) mass is 291 g/mol. The molecule has 0 fully saturated rings. The number of hydrogen-bond acceptors (Lipinski definition) is 3. The fraction of sp³-hybridized carbons (Fsp3) is 0.500. The van der Waals surface area contributed by atoms with E-state index in [0.717, 1.165) is 17.7 Å². The number of amides is 2. The Morgan fingerprint density at radius 2 is 1.71 bits per heavy atom. The van der Waals surface area contributed by atoms with Crippen molar-refractivity contribution in [1.82, 2.24) is 10.2 Å². The molecule has 0 spiro atoms. The zero-order valence-electron chi connectivity index (χ0n) is 13.1. The third-order valence-electron chi connectivity index (χ3n) is 3.23. The van der Waals surface area contributed by atoms with Gasteiger partial charge in [-0.1, -0.05) is 32.0 Å². The molecule has 0 heterocycles. The van der Waals surface area contributed by atoms with E-state index in [9.17, 15) is 9.59 Å². The number of nitrogens with zero attached hydrogens (tertiary/aromatic N) is 1. The van der Waals surface area contributed by atoms with Crippen LogP contribution >= 0.6 is 0 Å². The van der Waals surface area contributed by atoms with Crippen molar-refractivity contribution < 1.29 is 9.59 Å². The summed E-state index contributed by atoms with van der Waals surface area (Å²) in [6.45, 7) is 7.58. The van der Waals surface area contributed by atoms with Crippen LogP contribution in [0.4, 0.5) is 5.69 Å². The molecule has 1 aromatic carbocycles. The van der Waals surface area contributed by atoms with E-state index in [1.54, 1.807) is 0 Å². The molecule has 0 radical (unpaired) electrons. The van der Waals surface area contributed by atoms with E-state index in [4.69, 9.17) is 0 Å². The first-order valence-electron chi connectivity index (χ1n) is 7.47. The molecule has 2 N–H and O–H groups in total. The number of likely N-dealkylation sites (N-methyl/N-ethyl adjacent to an activating group) is 2. The molecule has 0 aliphatic carbocycles. The molecule has 2 amide bonds. The molecule has 5 nitrogen and oxygen atoms in total. The fourth-order valence-corrected chi connectivity index (χ4v) is 2.08. The second-order valence-electron chi connectivity index (χ2n) is 4.82. The lowest BCUT2D eigenvalue weighted by molar-refractivity contribution is -0.123. The average molecular weight is 291 g/mol. The van der Waals surface area contributed by atoms with Gasteiger partial charge in [-0.25, -0.2) is 0 Å². The first kappa shape index (κ1) is 17.2. The second kappa shape index (κ2) is 9.13. The van der Waals surface area contributed by atoms with E-state index in [1.807, 2.05) is 43.0 Å². The van der Waals surface area contributed by atoms with Gasteiger partial charge in [-0.15, -0.1) is 0 Å². The molecule has 0 saturated carbocycles. The van der Waals surface area contributed by atoms with Crippen molar-refractivity contribution in [1.29, 1.82) is 0 Å². The normalized spacial score (nSPS) is 10.5. The minimum absolute atomic E-state index is 0.0545. The Bertz CT molecular complexity index is 474. The number of aryl methyl sites for hydroxylation is 1. The van der Waals surface area contributed by atoms with Gasteiger partial charge >= 0.3 is 0 Å². The maximum Gasteiger partial charge on any atom is 0.238 e. The van der Waals surface area contributed by atoms with Gasteiger partial charge in [0.05, 0.1) is 13.1 Å². The molecule has 0 aliphatic heterocycles. The smallest absolute Gasteiger partial charge is 0.238 e. The largest absolute Gasteiger partial charge is 0.355 e. The van der Waals surface area contributed by atoms with E-state index in [-0.39, 0.29) is 24.9 Å². The topological polar surface area (TPSA) is 61.4 Å². The highest BCUT2D eigenvalue weighted by molar-refractivity contribution is 5.93. The van der Waals surface area contributed by atoms with E-state index < -0.39 is 0 Å². The number of rotatable bonds is 8. The first-order valence-corrected chi connectivity index (χ1v) is 7.47. The maximum atomic E-state index is 12.1. The third-order valence-corrected chi connectivity index (χ3v) is 3.23. The number of carbonyl (C=O) groups excluding carboxylic acids is 2. The van der Waals surface area contributed by atoms with Gasteiger partial charge in [0.1, 0.15) is 0 Å². The molecule has 0 aromatic heterocycles. The summed E-state index contributed by atoms with van der Waals surface area (Å²) in [4.78, 5) is 25.5. The van der Waals surface area contributed by atoms with E-state index in [0.29, 0.717) is 13.1 Å². The highest BCUT2D eigenvalue weighted by atomic mass is 16.2. The van der Waals surface area contributed by atoms with Gasteiger partial charge in [-0.3, -0.25) is 14.5 Å². The Labute approximate surface area is 126 Å². The zero-order chi connectivity index (χ0) is 15.7. The summed E-state index contributed by atoms with van der Waals surface area (Å²) >= 11 is 0. The molecule has 0 atom stereocenters. The van der Waals surface area contributed by atoms with Crippen molar-refractivity contribution in [2.45, 2.75) is 27.2 Å². The summed E-state index contributed by atoms with van der Waals surface area (Å²) in [7, 11) is 0. The van der Waals surface area contributed by atoms with Crippen LogP contribution in [0.15, 0.2) is 24.3 Å². The van der Waals surface area contributed by atoms with Crippen LogP contribution in [0.2, 0.25) is 0 Å². The number of benzene rings is 1. The zero-order valence-corrected chi connectivity index (χ0v) is 13.1. The van der Waals surface area contributed by atoms with Gasteiger partial charge in [0.2, 0.25) is 11.8 Å². The summed E-state index contributed by atoms with van der Waals surface area (Å²) in [6.07, 6.45) is 0.868. The predicted octanol–water partition coefficient (Wildman–Crippen LogP) is 1.65. The van der Waals surface area contributed by atoms with Crippen LogP contribution in [-0.2, 0) is 16.0 Å². The summed E-state index contributed by atoms with van der Waals surface area (Å²) in [5.74, 6) is -0.150. The molecule has 0 unspecified atom stereocenters. The van der Waals surface area contributed by atoms with Crippen molar-refractivity contribution in [2.24, 2.45) is 0 Å². The first-order chi connectivity index (χ1) is 10.1. The fourth-order valence-electron chi connectivity index (χ4n) is 2.08. The lowest BCUT2D eigenvalue weighted by Gasteiger charge is -2.19. The number of nitrogens with one attached hydrogen (secondary N) is 2. The quantitative estimate of drug-likeness (QED) is 0.765. The molecule has 0 saturated heterocycles. The van der Waals surface area contributed by atoms with E-state index in [1.165, 1.54) is 0 Å². The molecule has 0 aliphatic rings. The van der Waals surface area contributed by atoms with Crippen LogP contribution in [0, 0.1) is 0 Å². The minimum atomic E-state index is -0.0953. The molecular formula is C16H25N3O2. The molecule has 1 rings (SSSR count). The SMILES string of the molecule is CCNC(=O)CN(CC)CC(=O)Nc1ccccc1CC. The molecule has 5 heteroatoms. The van der Waals surface area contributed by atoms with Crippen LogP contribution in [0.25, 0.3) is 0 Å². The standard InChI is InChI=1S/C16H25N3O2/c1-4-13-9-7-8-10-14(13)18-16(21)12-19(6-3)11-15(20)17-5-2/h7-10H,4-6,11-12H2,1-3H3,(H,17,20)(H,18,21). The molecule has 0 bridgehead atoms. The van der Waals surface area contributed by atoms with Gasteiger partial charge < -0.3 is 10.6 Å². The summed E-state index contributed by atoms with van der Waals surface area (Å²) in [5, 5.41) is 5.66. The molecule has 116 valence electrons. The van der Waals surface area contributed by atoms with Gasteiger partial charge in [0.25, 0.3) is 0 Å². The highest BCUT2D eigenvalue weighted by Crippen LogP contribution is 2.15. The summed E-state index contributed by atoms with van der Waals surface area (Å²) < 4.78 is 0. The van der Waals surface area contributed by atoms with Gasteiger partial charge in [0, 0.05) is 12.2 Å². The van der Waals surface area contributed by atoms with Crippen LogP contribution in [-0.4, -0.2) is 42.9 Å². The Hall–Kier alpha value is -1.88. The second-order valence-corrected chi connectivity index (χ2v) is 4.82. The minimum Gasteiger partial charge on any atom is -0.355 e. The average Bonchev–Trinajstić information content (AvgIpc) is 2.47. The van der Waals surface area contributed by atoms with E-state index >= 15 is 0 Å². The Morgan fingerprint density at radius 1 is 1.05 bits per heavy atom. The number of para-hydroxylation sites is 1. The van der Waals surface area contributed by atoms with Crippen molar-refractivity contribution in [2.75, 3.05) is 31.5 Å². The van der Waals surface area contributed by atoms with Crippen LogP contribution in [0.1, 0.15) is 26.3 Å². The van der Waals surface area contributed by atoms with Crippen molar-refractivity contribution in [3.8, 4) is 0 Å². The van der Waals surface area contributed by atoms with Gasteiger partial charge in [-0.2, -0.15) is 0 Å². The summed E-state index contributed by atoms with van der Waals surface area (Å²) in [5.41, 5.74) is 1.96. The number of carbonyl (C=O) groups is 2. The van der Waals surface area contributed by atoms with Crippen LogP contribution in [0.3, 0.4) is 0 Å². The van der Waals surface area contributed by atoms with Gasteiger partial charge in [-0.05, 0) is 31.5 Å². The maximum absolute atomic E-state index is 12.1. The Balaban J connectivity index is 2.56. The Morgan fingerprint density at radius 3 is 2.33 bits per heavy atom.